The molecular formula is C18H27N3O2. The van der Waals surface area contributed by atoms with Crippen LogP contribution < -0.4 is 10.6 Å². The van der Waals surface area contributed by atoms with E-state index in [-0.39, 0.29) is 12.0 Å². The van der Waals surface area contributed by atoms with E-state index in [0.717, 1.165) is 38.7 Å². The van der Waals surface area contributed by atoms with Crippen molar-refractivity contribution in [3.8, 4) is 0 Å². The molecule has 2 aliphatic rings. The van der Waals surface area contributed by atoms with Gasteiger partial charge in [0.25, 0.3) is 0 Å². The quantitative estimate of drug-likeness (QED) is 0.751. The standard InChI is InChI=1S/C18H27N3O2/c22-18(12-19-10-15-6-7-15)20-11-17-14-21(8-9-23-17)13-16-4-2-1-3-5-16/h1-5,15,17,19H,6-14H2,(H,20,22). The Hall–Kier alpha value is -1.43. The van der Waals surface area contributed by atoms with E-state index in [1.54, 1.807) is 0 Å². The van der Waals surface area contributed by atoms with Crippen molar-refractivity contribution in [2.75, 3.05) is 39.3 Å². The van der Waals surface area contributed by atoms with Crippen LogP contribution in [0.5, 0.6) is 0 Å². The molecule has 1 saturated carbocycles. The Morgan fingerprint density at radius 3 is 2.83 bits per heavy atom. The molecule has 1 heterocycles. The molecule has 1 atom stereocenters. The van der Waals surface area contributed by atoms with Crippen LogP contribution in [0.4, 0.5) is 0 Å². The van der Waals surface area contributed by atoms with Crippen molar-refractivity contribution in [3.63, 3.8) is 0 Å². The highest BCUT2D eigenvalue weighted by atomic mass is 16.5. The SMILES string of the molecule is O=C(CNCC1CC1)NCC1CN(Cc2ccccc2)CCO1. The first-order chi connectivity index (χ1) is 11.3. The molecule has 0 aromatic heterocycles. The Morgan fingerprint density at radius 2 is 2.04 bits per heavy atom. The zero-order valence-electron chi connectivity index (χ0n) is 13.7. The van der Waals surface area contributed by atoms with Gasteiger partial charge in [-0.05, 0) is 30.9 Å². The van der Waals surface area contributed by atoms with Crippen molar-refractivity contribution in [3.05, 3.63) is 35.9 Å². The van der Waals surface area contributed by atoms with E-state index < -0.39 is 0 Å². The monoisotopic (exact) mass is 317 g/mol. The number of hydrogen-bond acceptors (Lipinski definition) is 4. The van der Waals surface area contributed by atoms with E-state index in [0.29, 0.717) is 13.1 Å². The van der Waals surface area contributed by atoms with Gasteiger partial charge in [0.15, 0.2) is 0 Å². The molecule has 1 unspecified atom stereocenters. The van der Waals surface area contributed by atoms with Gasteiger partial charge in [0.05, 0.1) is 19.3 Å². The van der Waals surface area contributed by atoms with Crippen LogP contribution in [0.25, 0.3) is 0 Å². The maximum absolute atomic E-state index is 11.8. The van der Waals surface area contributed by atoms with Gasteiger partial charge >= 0.3 is 0 Å². The summed E-state index contributed by atoms with van der Waals surface area (Å²) >= 11 is 0. The molecule has 0 radical (unpaired) electrons. The van der Waals surface area contributed by atoms with Crippen molar-refractivity contribution in [1.82, 2.24) is 15.5 Å². The minimum absolute atomic E-state index is 0.0643. The predicted molar refractivity (Wildman–Crippen MR) is 90.1 cm³/mol. The highest BCUT2D eigenvalue weighted by Gasteiger charge is 2.22. The van der Waals surface area contributed by atoms with Gasteiger partial charge in [-0.2, -0.15) is 0 Å². The molecule has 5 nitrogen and oxygen atoms in total. The predicted octanol–water partition coefficient (Wildman–Crippen LogP) is 1.00. The maximum Gasteiger partial charge on any atom is 0.234 e. The fourth-order valence-electron chi connectivity index (χ4n) is 2.89. The van der Waals surface area contributed by atoms with Crippen LogP contribution in [0.3, 0.4) is 0 Å². The zero-order valence-corrected chi connectivity index (χ0v) is 13.7. The number of amides is 1. The second-order valence-electron chi connectivity index (χ2n) is 6.59. The Labute approximate surface area is 138 Å². The molecule has 1 aliphatic heterocycles. The number of carbonyl (C=O) groups excluding carboxylic acids is 1. The smallest absolute Gasteiger partial charge is 0.234 e. The molecule has 5 heteroatoms. The first-order valence-corrected chi connectivity index (χ1v) is 8.65. The lowest BCUT2D eigenvalue weighted by molar-refractivity contribution is -0.121. The minimum Gasteiger partial charge on any atom is -0.374 e. The zero-order chi connectivity index (χ0) is 15.9. The molecule has 1 aliphatic carbocycles. The number of morpholine rings is 1. The molecule has 3 rings (SSSR count). The van der Waals surface area contributed by atoms with Gasteiger partial charge in [0, 0.05) is 26.2 Å². The van der Waals surface area contributed by atoms with Gasteiger partial charge in [-0.3, -0.25) is 9.69 Å². The third kappa shape index (κ3) is 5.94. The Kier molecular flexibility index (Phi) is 6.02. The van der Waals surface area contributed by atoms with Crippen molar-refractivity contribution in [2.45, 2.75) is 25.5 Å². The molecule has 1 aromatic carbocycles. The summed E-state index contributed by atoms with van der Waals surface area (Å²) in [5.74, 6) is 0.866. The Balaban J connectivity index is 1.33. The average Bonchev–Trinajstić information content (AvgIpc) is 3.39. The van der Waals surface area contributed by atoms with Gasteiger partial charge in [0.2, 0.25) is 5.91 Å². The third-order valence-electron chi connectivity index (χ3n) is 4.41. The van der Waals surface area contributed by atoms with Crippen molar-refractivity contribution < 1.29 is 9.53 Å². The van der Waals surface area contributed by atoms with Crippen molar-refractivity contribution in [1.29, 1.82) is 0 Å². The molecule has 0 bridgehead atoms. The number of rotatable bonds is 8. The molecule has 2 N–H and O–H groups in total. The van der Waals surface area contributed by atoms with E-state index in [2.05, 4.69) is 39.8 Å². The molecule has 0 spiro atoms. The summed E-state index contributed by atoms with van der Waals surface area (Å²) in [5, 5.41) is 6.19. The van der Waals surface area contributed by atoms with Crippen LogP contribution in [0, 0.1) is 5.92 Å². The third-order valence-corrected chi connectivity index (χ3v) is 4.41. The topological polar surface area (TPSA) is 53.6 Å². The number of carbonyl (C=O) groups is 1. The van der Waals surface area contributed by atoms with Crippen LogP contribution in [0.15, 0.2) is 30.3 Å². The van der Waals surface area contributed by atoms with Crippen LogP contribution in [-0.2, 0) is 16.1 Å². The van der Waals surface area contributed by atoms with Crippen LogP contribution in [0.2, 0.25) is 0 Å². The average molecular weight is 317 g/mol. The summed E-state index contributed by atoms with van der Waals surface area (Å²) in [7, 11) is 0. The van der Waals surface area contributed by atoms with Gasteiger partial charge in [-0.25, -0.2) is 0 Å². The van der Waals surface area contributed by atoms with Crippen LogP contribution in [0.1, 0.15) is 18.4 Å². The largest absolute Gasteiger partial charge is 0.374 e. The fraction of sp³-hybridized carbons (Fsp3) is 0.611. The number of nitrogens with one attached hydrogen (secondary N) is 2. The number of hydrogen-bond donors (Lipinski definition) is 2. The molecule has 126 valence electrons. The van der Waals surface area contributed by atoms with Crippen molar-refractivity contribution in [2.24, 2.45) is 5.92 Å². The second-order valence-corrected chi connectivity index (χ2v) is 6.59. The van der Waals surface area contributed by atoms with E-state index in [4.69, 9.17) is 4.74 Å². The fourth-order valence-corrected chi connectivity index (χ4v) is 2.89. The first kappa shape index (κ1) is 16.4. The van der Waals surface area contributed by atoms with E-state index in [1.807, 2.05) is 6.07 Å². The van der Waals surface area contributed by atoms with Crippen molar-refractivity contribution >= 4 is 5.91 Å². The molecule has 1 amide bonds. The normalized spacial score (nSPS) is 22.0. The lowest BCUT2D eigenvalue weighted by Crippen LogP contribution is -2.48. The minimum atomic E-state index is 0.0643. The Morgan fingerprint density at radius 1 is 1.22 bits per heavy atom. The highest BCUT2D eigenvalue weighted by molar-refractivity contribution is 5.77. The molecule has 2 fully saturated rings. The molecule has 1 aromatic rings. The summed E-state index contributed by atoms with van der Waals surface area (Å²) in [5.41, 5.74) is 1.32. The van der Waals surface area contributed by atoms with E-state index in [9.17, 15) is 4.79 Å². The summed E-state index contributed by atoms with van der Waals surface area (Å²) in [6.45, 7) is 5.46. The van der Waals surface area contributed by atoms with Gasteiger partial charge in [-0.1, -0.05) is 30.3 Å². The first-order valence-electron chi connectivity index (χ1n) is 8.65. The number of benzene rings is 1. The lowest BCUT2D eigenvalue weighted by atomic mass is 10.2. The van der Waals surface area contributed by atoms with Gasteiger partial charge in [-0.15, -0.1) is 0 Å². The summed E-state index contributed by atoms with van der Waals surface area (Å²) in [4.78, 5) is 14.2. The summed E-state index contributed by atoms with van der Waals surface area (Å²) in [6, 6.07) is 10.5. The summed E-state index contributed by atoms with van der Waals surface area (Å²) in [6.07, 6.45) is 2.70. The molecular weight excluding hydrogens is 290 g/mol. The number of nitrogens with zero attached hydrogens (tertiary/aromatic N) is 1. The number of ether oxygens (including phenoxy) is 1. The van der Waals surface area contributed by atoms with E-state index >= 15 is 0 Å². The summed E-state index contributed by atoms with van der Waals surface area (Å²) < 4.78 is 5.77. The van der Waals surface area contributed by atoms with E-state index in [1.165, 1.54) is 18.4 Å². The Bertz CT molecular complexity index is 490. The van der Waals surface area contributed by atoms with Crippen LogP contribution >= 0.6 is 0 Å². The highest BCUT2D eigenvalue weighted by Crippen LogP contribution is 2.27. The second kappa shape index (κ2) is 8.43. The van der Waals surface area contributed by atoms with Gasteiger partial charge < -0.3 is 15.4 Å². The molecule has 23 heavy (non-hydrogen) atoms. The maximum atomic E-state index is 11.8. The van der Waals surface area contributed by atoms with Crippen LogP contribution in [-0.4, -0.2) is 56.2 Å². The lowest BCUT2D eigenvalue weighted by Gasteiger charge is -2.33. The van der Waals surface area contributed by atoms with Gasteiger partial charge in [0.1, 0.15) is 0 Å². The molecule has 1 saturated heterocycles.